The van der Waals surface area contributed by atoms with E-state index < -0.39 is 0 Å². The van der Waals surface area contributed by atoms with E-state index in [-0.39, 0.29) is 23.4 Å². The summed E-state index contributed by atoms with van der Waals surface area (Å²) in [7, 11) is 1.72. The van der Waals surface area contributed by atoms with Gasteiger partial charge in [-0.25, -0.2) is 0 Å². The van der Waals surface area contributed by atoms with Crippen molar-refractivity contribution in [2.45, 2.75) is 57.4 Å². The highest BCUT2D eigenvalue weighted by molar-refractivity contribution is 5.86. The first-order chi connectivity index (χ1) is 13.8. The molecule has 1 heterocycles. The van der Waals surface area contributed by atoms with E-state index in [4.69, 9.17) is 9.47 Å². The van der Waals surface area contributed by atoms with Crippen LogP contribution in [0.3, 0.4) is 0 Å². The Kier molecular flexibility index (Phi) is 6.55. The average Bonchev–Trinajstić information content (AvgIpc) is 3.16. The molecule has 1 amide bonds. The number of amides is 1. The number of hydrogen-bond acceptors (Lipinski definition) is 4. The average molecular weight is 403 g/mol. The molecule has 0 spiro atoms. The minimum Gasteiger partial charge on any atom is -0.486 e. The summed E-state index contributed by atoms with van der Waals surface area (Å²) in [4.78, 5) is 16.4. The lowest BCUT2D eigenvalue weighted by Crippen LogP contribution is -2.50. The van der Waals surface area contributed by atoms with Gasteiger partial charge in [0.05, 0.1) is 6.54 Å². The van der Waals surface area contributed by atoms with Crippen LogP contribution < -0.4 is 25.4 Å². The molecule has 1 aliphatic carbocycles. The van der Waals surface area contributed by atoms with Gasteiger partial charge in [0.2, 0.25) is 5.91 Å². The molecule has 0 unspecified atom stereocenters. The van der Waals surface area contributed by atoms with Crippen LogP contribution in [0.1, 0.15) is 52.0 Å². The minimum atomic E-state index is -0.248. The maximum Gasteiger partial charge on any atom is 0.239 e. The van der Waals surface area contributed by atoms with Gasteiger partial charge in [-0.05, 0) is 51.3 Å². The molecule has 0 radical (unpaired) electrons. The summed E-state index contributed by atoms with van der Waals surface area (Å²) in [5.41, 5.74) is 1.05. The number of carbonyl (C=O) groups excluding carboxylic acids is 1. The van der Waals surface area contributed by atoms with E-state index in [2.05, 4.69) is 33.1 Å². The van der Waals surface area contributed by atoms with Crippen LogP contribution in [0.5, 0.6) is 11.5 Å². The summed E-state index contributed by atoms with van der Waals surface area (Å²) in [6, 6.07) is 6.32. The number of guanidine groups is 1. The Morgan fingerprint density at radius 3 is 2.45 bits per heavy atom. The number of hydrogen-bond donors (Lipinski definition) is 3. The first-order valence-electron chi connectivity index (χ1n) is 10.5. The van der Waals surface area contributed by atoms with Gasteiger partial charge in [0.25, 0.3) is 0 Å². The fraction of sp³-hybridized carbons (Fsp3) is 0.636. The third-order valence-corrected chi connectivity index (χ3v) is 5.46. The summed E-state index contributed by atoms with van der Waals surface area (Å²) in [6.07, 6.45) is 4.63. The monoisotopic (exact) mass is 402 g/mol. The second kappa shape index (κ2) is 8.93. The number of ether oxygens (including phenoxy) is 2. The van der Waals surface area contributed by atoms with E-state index in [9.17, 15) is 4.79 Å². The maximum atomic E-state index is 12.1. The van der Waals surface area contributed by atoms with E-state index in [1.807, 2.05) is 26.8 Å². The molecule has 29 heavy (non-hydrogen) atoms. The number of benzene rings is 1. The van der Waals surface area contributed by atoms with Crippen LogP contribution in [-0.4, -0.2) is 50.8 Å². The molecule has 7 nitrogen and oxygen atoms in total. The van der Waals surface area contributed by atoms with Crippen LogP contribution in [0.15, 0.2) is 23.2 Å². The van der Waals surface area contributed by atoms with Gasteiger partial charge in [-0.1, -0.05) is 18.9 Å². The highest BCUT2D eigenvalue weighted by Gasteiger charge is 2.36. The van der Waals surface area contributed by atoms with Gasteiger partial charge in [-0.15, -0.1) is 0 Å². The molecule has 0 atom stereocenters. The summed E-state index contributed by atoms with van der Waals surface area (Å²) in [5, 5.41) is 9.50. The Labute approximate surface area is 173 Å². The molecular formula is C22H34N4O3. The molecule has 0 aromatic heterocycles. The van der Waals surface area contributed by atoms with Crippen molar-refractivity contribution in [3.63, 3.8) is 0 Å². The largest absolute Gasteiger partial charge is 0.486 e. The highest BCUT2D eigenvalue weighted by Crippen LogP contribution is 2.43. The fourth-order valence-corrected chi connectivity index (χ4v) is 4.09. The Balaban J connectivity index is 1.63. The van der Waals surface area contributed by atoms with E-state index in [1.165, 1.54) is 18.4 Å². The van der Waals surface area contributed by atoms with Crippen molar-refractivity contribution in [2.24, 2.45) is 4.99 Å². The number of nitrogens with zero attached hydrogens (tertiary/aromatic N) is 1. The summed E-state index contributed by atoms with van der Waals surface area (Å²) in [5.74, 6) is 2.24. The van der Waals surface area contributed by atoms with Crippen molar-refractivity contribution in [3.8, 4) is 11.5 Å². The summed E-state index contributed by atoms with van der Waals surface area (Å²) < 4.78 is 11.5. The van der Waals surface area contributed by atoms with Gasteiger partial charge in [0.15, 0.2) is 17.5 Å². The molecule has 3 rings (SSSR count). The third-order valence-electron chi connectivity index (χ3n) is 5.46. The number of nitrogens with one attached hydrogen (secondary N) is 3. The Bertz CT molecular complexity index is 749. The standard InChI is InChI=1S/C22H34N4O3/c1-21(2,3)26-19(27)14-24-20(23-4)25-15-22(9-5-6-10-22)16-7-8-17-18(13-16)29-12-11-28-17/h7-8,13H,5-6,9-12,14-15H2,1-4H3,(H,26,27)(H2,23,24,25). The first-order valence-corrected chi connectivity index (χ1v) is 10.5. The molecule has 1 aliphatic heterocycles. The van der Waals surface area contributed by atoms with Crippen LogP contribution in [0.4, 0.5) is 0 Å². The Morgan fingerprint density at radius 2 is 1.79 bits per heavy atom. The smallest absolute Gasteiger partial charge is 0.239 e. The van der Waals surface area contributed by atoms with Crippen LogP contribution in [0, 0.1) is 0 Å². The topological polar surface area (TPSA) is 84.0 Å². The van der Waals surface area contributed by atoms with Crippen LogP contribution in [0.25, 0.3) is 0 Å². The Morgan fingerprint density at radius 1 is 1.10 bits per heavy atom. The lowest BCUT2D eigenvalue weighted by molar-refractivity contribution is -0.121. The van der Waals surface area contributed by atoms with Crippen molar-refractivity contribution in [2.75, 3.05) is 33.4 Å². The zero-order chi connectivity index (χ0) is 20.9. The summed E-state index contributed by atoms with van der Waals surface area (Å²) in [6.45, 7) is 8.04. The van der Waals surface area contributed by atoms with E-state index in [0.29, 0.717) is 19.2 Å². The number of fused-ring (bicyclic) bond motifs is 1. The summed E-state index contributed by atoms with van der Waals surface area (Å²) >= 11 is 0. The molecule has 1 saturated carbocycles. The number of carbonyl (C=O) groups is 1. The molecule has 160 valence electrons. The van der Waals surface area contributed by atoms with Gasteiger partial charge in [-0.2, -0.15) is 0 Å². The van der Waals surface area contributed by atoms with Gasteiger partial charge in [-0.3, -0.25) is 9.79 Å². The quantitative estimate of drug-likeness (QED) is 0.520. The van der Waals surface area contributed by atoms with Crippen molar-refractivity contribution < 1.29 is 14.3 Å². The van der Waals surface area contributed by atoms with Crippen molar-refractivity contribution in [1.29, 1.82) is 0 Å². The second-order valence-corrected chi connectivity index (χ2v) is 8.92. The minimum absolute atomic E-state index is 0.0289. The zero-order valence-electron chi connectivity index (χ0n) is 18.1. The van der Waals surface area contributed by atoms with Crippen LogP contribution >= 0.6 is 0 Å². The molecule has 1 fully saturated rings. The van der Waals surface area contributed by atoms with Gasteiger partial charge in [0.1, 0.15) is 13.2 Å². The molecule has 3 N–H and O–H groups in total. The molecular weight excluding hydrogens is 368 g/mol. The second-order valence-electron chi connectivity index (χ2n) is 8.92. The van der Waals surface area contributed by atoms with E-state index in [1.54, 1.807) is 7.05 Å². The number of aliphatic imine (C=N–C) groups is 1. The first kappa shape index (κ1) is 21.3. The molecule has 1 aromatic rings. The van der Waals surface area contributed by atoms with Gasteiger partial charge in [0, 0.05) is 24.5 Å². The van der Waals surface area contributed by atoms with Crippen molar-refractivity contribution in [1.82, 2.24) is 16.0 Å². The third kappa shape index (κ3) is 5.55. The fourth-order valence-electron chi connectivity index (χ4n) is 4.09. The molecule has 1 aromatic carbocycles. The maximum absolute atomic E-state index is 12.1. The molecule has 2 aliphatic rings. The molecule has 7 heteroatoms. The predicted octanol–water partition coefficient (Wildman–Crippen LogP) is 2.35. The lowest BCUT2D eigenvalue weighted by Gasteiger charge is -2.32. The zero-order valence-corrected chi connectivity index (χ0v) is 18.1. The van der Waals surface area contributed by atoms with Gasteiger partial charge >= 0.3 is 0 Å². The Hall–Kier alpha value is -2.44. The predicted molar refractivity (Wildman–Crippen MR) is 115 cm³/mol. The lowest BCUT2D eigenvalue weighted by atomic mass is 9.78. The highest BCUT2D eigenvalue weighted by atomic mass is 16.6. The van der Waals surface area contributed by atoms with Crippen LogP contribution in [-0.2, 0) is 10.2 Å². The van der Waals surface area contributed by atoms with E-state index >= 15 is 0 Å². The van der Waals surface area contributed by atoms with Gasteiger partial charge < -0.3 is 25.4 Å². The van der Waals surface area contributed by atoms with E-state index in [0.717, 1.165) is 30.9 Å². The van der Waals surface area contributed by atoms with Crippen molar-refractivity contribution in [3.05, 3.63) is 23.8 Å². The normalized spacial score (nSPS) is 18.3. The SMILES string of the molecule is CN=C(NCC(=O)NC(C)(C)C)NCC1(c2ccc3c(c2)OCCO3)CCCC1. The molecule has 0 saturated heterocycles. The molecule has 0 bridgehead atoms. The van der Waals surface area contributed by atoms with Crippen LogP contribution in [0.2, 0.25) is 0 Å². The number of rotatable bonds is 5. The van der Waals surface area contributed by atoms with Crippen molar-refractivity contribution >= 4 is 11.9 Å².